The van der Waals surface area contributed by atoms with E-state index < -0.39 is 0 Å². The van der Waals surface area contributed by atoms with Crippen molar-refractivity contribution in [2.24, 2.45) is 0 Å². The largest absolute Gasteiger partial charge is 0.339 e. The zero-order valence-electron chi connectivity index (χ0n) is 12.9. The number of nitrogens with one attached hydrogen (secondary N) is 1. The van der Waals surface area contributed by atoms with Crippen molar-refractivity contribution in [3.05, 3.63) is 34.9 Å². The summed E-state index contributed by atoms with van der Waals surface area (Å²) >= 11 is 6.05. The predicted octanol–water partition coefficient (Wildman–Crippen LogP) is 3.43. The first-order chi connectivity index (χ1) is 10.1. The molecule has 0 bridgehead atoms. The third kappa shape index (κ3) is 4.21. The molecule has 1 aliphatic rings. The van der Waals surface area contributed by atoms with E-state index in [1.165, 1.54) is 0 Å². The van der Waals surface area contributed by atoms with E-state index in [0.717, 1.165) is 44.5 Å². The molecule has 1 fully saturated rings. The quantitative estimate of drug-likeness (QED) is 0.904. The molecular formula is C17H25ClN2O. The second kappa shape index (κ2) is 7.81. The number of rotatable bonds is 5. The Morgan fingerprint density at radius 1 is 1.43 bits per heavy atom. The maximum atomic E-state index is 12.9. The highest BCUT2D eigenvalue weighted by atomic mass is 35.5. The van der Waals surface area contributed by atoms with Crippen molar-refractivity contribution < 1.29 is 4.79 Å². The highest BCUT2D eigenvalue weighted by molar-refractivity contribution is 6.30. The Labute approximate surface area is 132 Å². The lowest BCUT2D eigenvalue weighted by Gasteiger charge is -2.36. The molecule has 0 radical (unpaired) electrons. The fourth-order valence-electron chi connectivity index (χ4n) is 3.00. The number of carbonyl (C=O) groups is 1. The van der Waals surface area contributed by atoms with Crippen LogP contribution in [-0.2, 0) is 4.79 Å². The fourth-order valence-corrected chi connectivity index (χ4v) is 3.20. The van der Waals surface area contributed by atoms with Gasteiger partial charge in [0.05, 0.1) is 5.92 Å². The van der Waals surface area contributed by atoms with Crippen LogP contribution in [0.15, 0.2) is 24.3 Å². The Morgan fingerprint density at radius 2 is 2.14 bits per heavy atom. The van der Waals surface area contributed by atoms with Gasteiger partial charge in [0.15, 0.2) is 0 Å². The van der Waals surface area contributed by atoms with E-state index in [4.69, 9.17) is 11.6 Å². The van der Waals surface area contributed by atoms with E-state index in [9.17, 15) is 4.79 Å². The minimum absolute atomic E-state index is 0.134. The molecule has 1 unspecified atom stereocenters. The van der Waals surface area contributed by atoms with Crippen LogP contribution in [0.5, 0.6) is 0 Å². The van der Waals surface area contributed by atoms with Gasteiger partial charge in [0, 0.05) is 17.6 Å². The Hall–Kier alpha value is -1.06. The number of benzene rings is 1. The van der Waals surface area contributed by atoms with Gasteiger partial charge in [0.25, 0.3) is 0 Å². The minimum Gasteiger partial charge on any atom is -0.339 e. The maximum absolute atomic E-state index is 12.9. The monoisotopic (exact) mass is 308 g/mol. The first-order valence-corrected chi connectivity index (χ1v) is 8.28. The lowest BCUT2D eigenvalue weighted by atomic mass is 9.96. The minimum atomic E-state index is -0.134. The first kappa shape index (κ1) is 16.3. The van der Waals surface area contributed by atoms with E-state index in [-0.39, 0.29) is 11.8 Å². The smallest absolute Gasteiger partial charge is 0.230 e. The zero-order valence-corrected chi connectivity index (χ0v) is 13.7. The number of nitrogens with zero attached hydrogens (tertiary/aromatic N) is 1. The topological polar surface area (TPSA) is 32.3 Å². The Balaban J connectivity index is 2.13. The Morgan fingerprint density at radius 3 is 2.76 bits per heavy atom. The second-order valence-electron chi connectivity index (χ2n) is 5.79. The normalized spacial score (nSPS) is 17.5. The van der Waals surface area contributed by atoms with Gasteiger partial charge < -0.3 is 10.2 Å². The number of hydrogen-bond acceptors (Lipinski definition) is 2. The molecule has 1 saturated heterocycles. The Kier molecular flexibility index (Phi) is 6.07. The molecule has 1 aromatic carbocycles. The highest BCUT2D eigenvalue weighted by Gasteiger charge is 2.28. The standard InChI is InChI=1S/C17H25ClN2O/c1-3-11-20(16-7-9-19-10-8-16)17(21)13(2)14-5-4-6-15(18)12-14/h4-6,12-13,16,19H,3,7-11H2,1-2H3. The predicted molar refractivity (Wildman–Crippen MR) is 87.8 cm³/mol. The van der Waals surface area contributed by atoms with Crippen molar-refractivity contribution in [2.75, 3.05) is 19.6 Å². The molecule has 1 atom stereocenters. The van der Waals surface area contributed by atoms with Crippen LogP contribution < -0.4 is 5.32 Å². The molecule has 1 amide bonds. The third-order valence-electron chi connectivity index (χ3n) is 4.22. The summed E-state index contributed by atoms with van der Waals surface area (Å²) < 4.78 is 0. The molecule has 3 nitrogen and oxygen atoms in total. The molecule has 1 N–H and O–H groups in total. The zero-order chi connectivity index (χ0) is 15.2. The van der Waals surface area contributed by atoms with Gasteiger partial charge in [-0.3, -0.25) is 4.79 Å². The van der Waals surface area contributed by atoms with Gasteiger partial charge in [-0.1, -0.05) is 30.7 Å². The summed E-state index contributed by atoms with van der Waals surface area (Å²) in [5, 5.41) is 4.05. The van der Waals surface area contributed by atoms with Gasteiger partial charge in [-0.15, -0.1) is 0 Å². The summed E-state index contributed by atoms with van der Waals surface area (Å²) in [4.78, 5) is 15.0. The van der Waals surface area contributed by atoms with Crippen LogP contribution in [0.2, 0.25) is 5.02 Å². The SMILES string of the molecule is CCCN(C(=O)C(C)c1cccc(Cl)c1)C1CCNCC1. The van der Waals surface area contributed by atoms with Gasteiger partial charge in [-0.2, -0.15) is 0 Å². The number of halogens is 1. The number of piperidine rings is 1. The van der Waals surface area contributed by atoms with E-state index in [1.54, 1.807) is 0 Å². The number of amides is 1. The molecular weight excluding hydrogens is 284 g/mol. The van der Waals surface area contributed by atoms with Crippen LogP contribution in [0, 0.1) is 0 Å². The van der Waals surface area contributed by atoms with Crippen LogP contribution >= 0.6 is 11.6 Å². The molecule has 4 heteroatoms. The highest BCUT2D eigenvalue weighted by Crippen LogP contribution is 2.24. The van der Waals surface area contributed by atoms with Crippen molar-refractivity contribution in [3.8, 4) is 0 Å². The second-order valence-corrected chi connectivity index (χ2v) is 6.23. The van der Waals surface area contributed by atoms with Crippen molar-refractivity contribution in [2.45, 2.75) is 45.1 Å². The average molecular weight is 309 g/mol. The molecule has 0 aromatic heterocycles. The maximum Gasteiger partial charge on any atom is 0.230 e. The van der Waals surface area contributed by atoms with Crippen LogP contribution in [0.25, 0.3) is 0 Å². The van der Waals surface area contributed by atoms with Crippen molar-refractivity contribution in [1.82, 2.24) is 10.2 Å². The van der Waals surface area contributed by atoms with Crippen LogP contribution in [0.3, 0.4) is 0 Å². The van der Waals surface area contributed by atoms with Crippen molar-refractivity contribution >= 4 is 17.5 Å². The average Bonchev–Trinajstić information content (AvgIpc) is 2.52. The van der Waals surface area contributed by atoms with Crippen molar-refractivity contribution in [3.63, 3.8) is 0 Å². The van der Waals surface area contributed by atoms with Crippen molar-refractivity contribution in [1.29, 1.82) is 0 Å². The molecule has 2 rings (SSSR count). The fraction of sp³-hybridized carbons (Fsp3) is 0.588. The van der Waals surface area contributed by atoms with Gasteiger partial charge in [-0.25, -0.2) is 0 Å². The molecule has 116 valence electrons. The van der Waals surface area contributed by atoms with Crippen LogP contribution in [0.4, 0.5) is 0 Å². The van der Waals surface area contributed by atoms with Gasteiger partial charge >= 0.3 is 0 Å². The summed E-state index contributed by atoms with van der Waals surface area (Å²) in [6.07, 6.45) is 3.10. The van der Waals surface area contributed by atoms with E-state index in [1.807, 2.05) is 31.2 Å². The molecule has 0 saturated carbocycles. The lowest BCUT2D eigenvalue weighted by Crippen LogP contribution is -2.47. The first-order valence-electron chi connectivity index (χ1n) is 7.90. The summed E-state index contributed by atoms with van der Waals surface area (Å²) in [5.74, 6) is 0.0937. The van der Waals surface area contributed by atoms with Crippen LogP contribution in [0.1, 0.15) is 44.6 Å². The number of hydrogen-bond donors (Lipinski definition) is 1. The lowest BCUT2D eigenvalue weighted by molar-refractivity contribution is -0.135. The molecule has 0 spiro atoms. The van der Waals surface area contributed by atoms with Gasteiger partial charge in [0.2, 0.25) is 5.91 Å². The van der Waals surface area contributed by atoms with E-state index in [0.29, 0.717) is 11.1 Å². The summed E-state index contributed by atoms with van der Waals surface area (Å²) in [6, 6.07) is 8.02. The summed E-state index contributed by atoms with van der Waals surface area (Å²) in [6.45, 7) is 6.96. The van der Waals surface area contributed by atoms with Crippen LogP contribution in [-0.4, -0.2) is 36.5 Å². The summed E-state index contributed by atoms with van der Waals surface area (Å²) in [5.41, 5.74) is 1.00. The number of carbonyl (C=O) groups excluding carboxylic acids is 1. The van der Waals surface area contributed by atoms with Gasteiger partial charge in [-0.05, 0) is 57.0 Å². The molecule has 1 aromatic rings. The molecule has 0 aliphatic carbocycles. The molecule has 1 heterocycles. The third-order valence-corrected chi connectivity index (χ3v) is 4.45. The summed E-state index contributed by atoms with van der Waals surface area (Å²) in [7, 11) is 0. The van der Waals surface area contributed by atoms with E-state index >= 15 is 0 Å². The molecule has 1 aliphatic heterocycles. The molecule has 21 heavy (non-hydrogen) atoms. The van der Waals surface area contributed by atoms with E-state index in [2.05, 4.69) is 17.1 Å². The van der Waals surface area contributed by atoms with Gasteiger partial charge in [0.1, 0.15) is 0 Å². The Bertz CT molecular complexity index is 472.